The van der Waals surface area contributed by atoms with Crippen LogP contribution in [0.5, 0.6) is 0 Å². The normalized spacial score (nSPS) is 18.9. The highest BCUT2D eigenvalue weighted by molar-refractivity contribution is 6.31. The highest BCUT2D eigenvalue weighted by Crippen LogP contribution is 2.25. The second-order valence-electron chi connectivity index (χ2n) is 10.6. The van der Waals surface area contributed by atoms with E-state index in [-0.39, 0.29) is 50.3 Å². The lowest BCUT2D eigenvalue weighted by atomic mass is 9.92. The molecule has 2 aliphatic rings. The molecule has 1 fully saturated rings. The van der Waals surface area contributed by atoms with Gasteiger partial charge in [-0.2, -0.15) is 0 Å². The maximum absolute atomic E-state index is 13.6. The van der Waals surface area contributed by atoms with Gasteiger partial charge < -0.3 is 30.9 Å². The van der Waals surface area contributed by atoms with Crippen LogP contribution >= 0.6 is 11.6 Å². The first-order valence-corrected chi connectivity index (χ1v) is 14.3. The number of rotatable bonds is 10. The topological polar surface area (TPSA) is 134 Å². The van der Waals surface area contributed by atoms with E-state index >= 15 is 0 Å². The van der Waals surface area contributed by atoms with Crippen LogP contribution in [0, 0.1) is 6.92 Å². The molecule has 10 nitrogen and oxygen atoms in total. The maximum atomic E-state index is 13.6. The fraction of sp³-hybridized carbons (Fsp3) is 0.467. The van der Waals surface area contributed by atoms with Crippen LogP contribution in [0.1, 0.15) is 42.4 Å². The summed E-state index contributed by atoms with van der Waals surface area (Å²) in [6, 6.07) is 11.1. The SMILES string of the molecule is COC1CCN(C(=O)CCC(=O)N2Cc3ccccc3C[C@H]2C(=O)N[C@@H](CCN)C(=O)Nc2ccc(Cl)c(C)c2)C1. The summed E-state index contributed by atoms with van der Waals surface area (Å²) in [6.45, 7) is 3.38. The number of nitrogens with zero attached hydrogens (tertiary/aromatic N) is 2. The number of halogens is 1. The molecule has 0 aliphatic carbocycles. The van der Waals surface area contributed by atoms with Crippen LogP contribution in [0.15, 0.2) is 42.5 Å². The van der Waals surface area contributed by atoms with Crippen LogP contribution in [0.2, 0.25) is 5.02 Å². The molecule has 0 aromatic heterocycles. The molecule has 4 rings (SSSR count). The minimum atomic E-state index is -0.900. The van der Waals surface area contributed by atoms with Gasteiger partial charge in [0.15, 0.2) is 0 Å². The van der Waals surface area contributed by atoms with E-state index in [2.05, 4.69) is 10.6 Å². The van der Waals surface area contributed by atoms with Crippen molar-refractivity contribution in [2.45, 2.75) is 63.8 Å². The maximum Gasteiger partial charge on any atom is 0.246 e. The van der Waals surface area contributed by atoms with Gasteiger partial charge in [0.2, 0.25) is 23.6 Å². The Hall–Kier alpha value is -3.47. The quantitative estimate of drug-likeness (QED) is 0.393. The van der Waals surface area contributed by atoms with Crippen LogP contribution in [0.3, 0.4) is 0 Å². The van der Waals surface area contributed by atoms with Crippen molar-refractivity contribution < 1.29 is 23.9 Å². The Morgan fingerprint density at radius 2 is 1.83 bits per heavy atom. The highest BCUT2D eigenvalue weighted by Gasteiger charge is 2.36. The zero-order valence-corrected chi connectivity index (χ0v) is 24.3. The van der Waals surface area contributed by atoms with Crippen molar-refractivity contribution in [2.75, 3.05) is 32.1 Å². The number of carbonyl (C=O) groups excluding carboxylic acids is 4. The predicted octanol–water partition coefficient (Wildman–Crippen LogP) is 2.40. The molecular weight excluding hydrogens is 546 g/mol. The second-order valence-corrected chi connectivity index (χ2v) is 11.0. The van der Waals surface area contributed by atoms with Crippen molar-refractivity contribution in [1.82, 2.24) is 15.1 Å². The largest absolute Gasteiger partial charge is 0.380 e. The van der Waals surface area contributed by atoms with Gasteiger partial charge in [-0.15, -0.1) is 0 Å². The summed E-state index contributed by atoms with van der Waals surface area (Å²) < 4.78 is 5.34. The highest BCUT2D eigenvalue weighted by atomic mass is 35.5. The summed E-state index contributed by atoms with van der Waals surface area (Å²) in [6.07, 6.45) is 1.35. The summed E-state index contributed by atoms with van der Waals surface area (Å²) in [5.74, 6) is -1.24. The molecule has 2 heterocycles. The van der Waals surface area contributed by atoms with Crippen molar-refractivity contribution in [3.05, 3.63) is 64.2 Å². The zero-order chi connectivity index (χ0) is 29.5. The molecule has 220 valence electrons. The molecule has 3 atom stereocenters. The number of ether oxygens (including phenoxy) is 1. The molecule has 0 radical (unpaired) electrons. The molecule has 2 aromatic carbocycles. The summed E-state index contributed by atoms with van der Waals surface area (Å²) >= 11 is 6.10. The lowest BCUT2D eigenvalue weighted by molar-refractivity contribution is -0.144. The van der Waals surface area contributed by atoms with Crippen LogP contribution in [-0.2, 0) is 36.9 Å². The summed E-state index contributed by atoms with van der Waals surface area (Å²) in [7, 11) is 1.63. The first-order valence-electron chi connectivity index (χ1n) is 13.9. The third-order valence-corrected chi connectivity index (χ3v) is 8.19. The molecule has 1 saturated heterocycles. The number of hydrogen-bond donors (Lipinski definition) is 3. The number of carbonyl (C=O) groups is 4. The van der Waals surface area contributed by atoms with Gasteiger partial charge >= 0.3 is 0 Å². The molecule has 2 aliphatic heterocycles. The van der Waals surface area contributed by atoms with Crippen LogP contribution in [-0.4, -0.2) is 78.4 Å². The lowest BCUT2D eigenvalue weighted by Gasteiger charge is -2.37. The van der Waals surface area contributed by atoms with Gasteiger partial charge in [-0.25, -0.2) is 0 Å². The van der Waals surface area contributed by atoms with Gasteiger partial charge in [-0.3, -0.25) is 19.2 Å². The Labute approximate surface area is 245 Å². The third-order valence-electron chi connectivity index (χ3n) is 7.77. The fourth-order valence-corrected chi connectivity index (χ4v) is 5.45. The number of fused-ring (bicyclic) bond motifs is 1. The minimum Gasteiger partial charge on any atom is -0.380 e. The van der Waals surface area contributed by atoms with Gasteiger partial charge in [0.25, 0.3) is 0 Å². The van der Waals surface area contributed by atoms with E-state index in [1.807, 2.05) is 31.2 Å². The molecule has 0 bridgehead atoms. The Bertz CT molecular complexity index is 1290. The number of methoxy groups -OCH3 is 1. The van der Waals surface area contributed by atoms with E-state index in [1.165, 1.54) is 4.90 Å². The van der Waals surface area contributed by atoms with Gasteiger partial charge in [-0.05, 0) is 61.2 Å². The monoisotopic (exact) mass is 583 g/mol. The minimum absolute atomic E-state index is 0.0123. The number of amides is 4. The Kier molecular flexibility index (Phi) is 10.4. The molecule has 0 saturated carbocycles. The molecule has 41 heavy (non-hydrogen) atoms. The van der Waals surface area contributed by atoms with Gasteiger partial charge in [0, 0.05) is 56.7 Å². The van der Waals surface area contributed by atoms with Gasteiger partial charge in [-0.1, -0.05) is 35.9 Å². The molecule has 1 unspecified atom stereocenters. The fourth-order valence-electron chi connectivity index (χ4n) is 5.34. The first kappa shape index (κ1) is 30.5. The summed E-state index contributed by atoms with van der Waals surface area (Å²) in [4.78, 5) is 56.2. The molecule has 11 heteroatoms. The van der Waals surface area contributed by atoms with E-state index < -0.39 is 23.9 Å². The average molecular weight is 584 g/mol. The standard InChI is InChI=1S/C30H38ClN5O5/c1-19-15-22(7-8-24(19)31)33-29(39)25(11-13-32)34-30(40)26-16-20-5-3-4-6-21(20)17-36(26)28(38)10-9-27(37)35-14-12-23(18-35)41-2/h3-8,15,23,25-26H,9-14,16-18,32H2,1-2H3,(H,33,39)(H,34,40)/t23?,25-,26-/m0/s1. The van der Waals surface area contributed by atoms with Crippen molar-refractivity contribution in [3.63, 3.8) is 0 Å². The molecule has 4 amide bonds. The number of hydrogen-bond acceptors (Lipinski definition) is 6. The number of anilines is 1. The van der Waals surface area contributed by atoms with E-state index in [1.54, 1.807) is 30.2 Å². The van der Waals surface area contributed by atoms with E-state index in [0.717, 1.165) is 23.1 Å². The Morgan fingerprint density at radius 1 is 1.10 bits per heavy atom. The van der Waals surface area contributed by atoms with Crippen LogP contribution in [0.4, 0.5) is 5.69 Å². The predicted molar refractivity (Wildman–Crippen MR) is 156 cm³/mol. The molecule has 0 spiro atoms. The summed E-state index contributed by atoms with van der Waals surface area (Å²) in [5.41, 5.74) is 9.05. The van der Waals surface area contributed by atoms with E-state index in [9.17, 15) is 19.2 Å². The summed E-state index contributed by atoms with van der Waals surface area (Å²) in [5, 5.41) is 6.23. The number of aryl methyl sites for hydroxylation is 1. The van der Waals surface area contributed by atoms with Crippen molar-refractivity contribution in [2.24, 2.45) is 5.73 Å². The number of nitrogens with two attached hydrogens (primary N) is 1. The Balaban J connectivity index is 1.45. The van der Waals surface area contributed by atoms with Crippen LogP contribution < -0.4 is 16.4 Å². The molecular formula is C30H38ClN5O5. The van der Waals surface area contributed by atoms with Crippen LogP contribution in [0.25, 0.3) is 0 Å². The first-order chi connectivity index (χ1) is 19.7. The van der Waals surface area contributed by atoms with Crippen molar-refractivity contribution in [3.8, 4) is 0 Å². The van der Waals surface area contributed by atoms with E-state index in [4.69, 9.17) is 22.1 Å². The van der Waals surface area contributed by atoms with E-state index in [0.29, 0.717) is 30.2 Å². The molecule has 4 N–H and O–H groups in total. The smallest absolute Gasteiger partial charge is 0.246 e. The Morgan fingerprint density at radius 3 is 2.51 bits per heavy atom. The van der Waals surface area contributed by atoms with Crippen molar-refractivity contribution >= 4 is 40.9 Å². The number of likely N-dealkylation sites (tertiary alicyclic amines) is 1. The third kappa shape index (κ3) is 7.63. The van der Waals surface area contributed by atoms with Gasteiger partial charge in [0.1, 0.15) is 12.1 Å². The zero-order valence-electron chi connectivity index (χ0n) is 23.5. The average Bonchev–Trinajstić information content (AvgIpc) is 3.46. The second kappa shape index (κ2) is 13.9. The van der Waals surface area contributed by atoms with Crippen molar-refractivity contribution in [1.29, 1.82) is 0 Å². The number of benzene rings is 2. The molecule has 2 aromatic rings. The van der Waals surface area contributed by atoms with Gasteiger partial charge in [0.05, 0.1) is 6.10 Å². The lowest BCUT2D eigenvalue weighted by Crippen LogP contribution is -2.56. The number of nitrogens with one attached hydrogen (secondary N) is 2.